The molecular weight excluding hydrogens is 821 g/mol. The van der Waals surface area contributed by atoms with Crippen LogP contribution in [0.15, 0.2) is 103 Å². The average Bonchev–Trinajstić information content (AvgIpc) is 3.65. The highest BCUT2D eigenvalue weighted by atomic mass is 19.2. The van der Waals surface area contributed by atoms with E-state index in [4.69, 9.17) is 0 Å². The molecule has 0 atom stereocenters. The predicted molar refractivity (Wildman–Crippen MR) is 243 cm³/mol. The van der Waals surface area contributed by atoms with Crippen molar-refractivity contribution >= 4 is 5.69 Å². The number of unbranched alkanes of at least 4 members (excludes halogenated alkanes) is 8. The lowest BCUT2D eigenvalue weighted by atomic mass is 9.98. The lowest BCUT2D eigenvalue weighted by molar-refractivity contribution is -0.384. The average molecular weight is 870 g/mol. The van der Waals surface area contributed by atoms with E-state index in [0.29, 0.717) is 11.1 Å². The predicted octanol–water partition coefficient (Wildman–Crippen LogP) is 15.2. The van der Waals surface area contributed by atoms with Gasteiger partial charge in [0, 0.05) is 28.3 Å². The van der Waals surface area contributed by atoms with Crippen molar-refractivity contribution in [3.05, 3.63) is 193 Å². The van der Waals surface area contributed by atoms with Gasteiger partial charge in [-0.15, -0.1) is 0 Å². The van der Waals surface area contributed by atoms with Gasteiger partial charge < -0.3 is 0 Å². The first kappa shape index (κ1) is 46.9. The van der Waals surface area contributed by atoms with E-state index in [0.717, 1.165) is 61.1 Å². The maximum atomic E-state index is 13.4. The van der Waals surface area contributed by atoms with E-state index < -0.39 is 39.8 Å². The fourth-order valence-corrected chi connectivity index (χ4v) is 7.76. The molecule has 9 heteroatoms. The molecule has 0 N–H and O–H groups in total. The lowest BCUT2D eigenvalue weighted by Crippen LogP contribution is -1.94. The zero-order valence-electron chi connectivity index (χ0n) is 36.0. The molecule has 0 fully saturated rings. The van der Waals surface area contributed by atoms with Crippen LogP contribution in [0.1, 0.15) is 123 Å². The summed E-state index contributed by atoms with van der Waals surface area (Å²) >= 11 is 0. The molecule has 1 aliphatic rings. The topological polar surface area (TPSA) is 43.1 Å². The number of hydrogen-bond acceptors (Lipinski definition) is 2. The third kappa shape index (κ3) is 12.5. The molecule has 0 radical (unpaired) electrons. The van der Waals surface area contributed by atoms with Gasteiger partial charge in [-0.3, -0.25) is 10.1 Å². The second-order valence-corrected chi connectivity index (χ2v) is 16.1. The van der Waals surface area contributed by atoms with Crippen LogP contribution in [0, 0.1) is 68.7 Å². The summed E-state index contributed by atoms with van der Waals surface area (Å²) in [6.07, 6.45) is 15.4. The van der Waals surface area contributed by atoms with E-state index in [2.05, 4.69) is 61.8 Å². The second-order valence-electron chi connectivity index (χ2n) is 16.1. The Labute approximate surface area is 371 Å². The Morgan fingerprint density at radius 2 is 0.891 bits per heavy atom. The Balaban J connectivity index is 0.000000213. The minimum Gasteiger partial charge on any atom is -0.258 e. The molecule has 3 nitrogen and oxygen atoms in total. The fourth-order valence-electron chi connectivity index (χ4n) is 7.76. The highest BCUT2D eigenvalue weighted by Gasteiger charge is 2.19. The maximum Gasteiger partial charge on any atom is 0.278 e. The Morgan fingerprint density at radius 1 is 0.469 bits per heavy atom. The summed E-state index contributed by atoms with van der Waals surface area (Å²) in [6, 6.07) is 28.4. The van der Waals surface area contributed by atoms with Crippen molar-refractivity contribution in [2.45, 2.75) is 97.3 Å². The van der Waals surface area contributed by atoms with Crippen LogP contribution in [0.25, 0.3) is 22.3 Å². The van der Waals surface area contributed by atoms with E-state index in [1.165, 1.54) is 97.2 Å². The molecule has 328 valence electrons. The smallest absolute Gasteiger partial charge is 0.258 e. The standard InChI is InChI=1S/C28H25F3.C27H24F3NO2/c1-2-3-4-5-6-7-19-10-12-24-22(14-19)18-23-15-20(11-13-25(23)24)8-9-21-16-26(29)28(31)27(30)17-21;1-2-3-4-5-6-7-19-10-13-22(14-11-19)23-15-12-20(18-26(23)31(32)33)8-9-21-16-24(28)27(30)25(29)17-21/h10-17H,2-7,18H2,1H3;10-18H,2-7H2,1H3. The first-order valence-electron chi connectivity index (χ1n) is 21.9. The van der Waals surface area contributed by atoms with E-state index in [1.54, 1.807) is 12.1 Å². The van der Waals surface area contributed by atoms with Crippen LogP contribution in [0.5, 0.6) is 0 Å². The van der Waals surface area contributed by atoms with Gasteiger partial charge in [0.15, 0.2) is 34.9 Å². The number of benzene rings is 6. The molecule has 7 rings (SSSR count). The Hall–Kier alpha value is -6.58. The Morgan fingerprint density at radius 3 is 1.41 bits per heavy atom. The van der Waals surface area contributed by atoms with Gasteiger partial charge in [0.25, 0.3) is 5.69 Å². The summed E-state index contributed by atoms with van der Waals surface area (Å²) in [7, 11) is 0. The third-order valence-corrected chi connectivity index (χ3v) is 11.2. The number of nitro groups is 1. The van der Waals surface area contributed by atoms with Crippen molar-refractivity contribution < 1.29 is 31.3 Å². The molecule has 0 saturated heterocycles. The van der Waals surface area contributed by atoms with Crippen LogP contribution in [0.4, 0.5) is 32.0 Å². The molecule has 0 aromatic heterocycles. The van der Waals surface area contributed by atoms with Crippen LogP contribution in [0.3, 0.4) is 0 Å². The third-order valence-electron chi connectivity index (χ3n) is 11.2. The van der Waals surface area contributed by atoms with Crippen molar-refractivity contribution in [3.8, 4) is 45.9 Å². The monoisotopic (exact) mass is 869 g/mol. The normalized spacial score (nSPS) is 11.1. The van der Waals surface area contributed by atoms with E-state index in [-0.39, 0.29) is 16.8 Å². The van der Waals surface area contributed by atoms with Crippen molar-refractivity contribution in [3.63, 3.8) is 0 Å². The molecule has 6 aromatic rings. The van der Waals surface area contributed by atoms with Crippen LogP contribution in [0.2, 0.25) is 0 Å². The van der Waals surface area contributed by atoms with E-state index in [9.17, 15) is 36.5 Å². The van der Waals surface area contributed by atoms with Gasteiger partial charge in [-0.25, -0.2) is 26.3 Å². The number of halogens is 6. The van der Waals surface area contributed by atoms with E-state index in [1.807, 2.05) is 36.4 Å². The molecule has 0 spiro atoms. The highest BCUT2D eigenvalue weighted by molar-refractivity contribution is 5.78. The van der Waals surface area contributed by atoms with Crippen LogP contribution < -0.4 is 0 Å². The maximum absolute atomic E-state index is 13.4. The molecule has 64 heavy (non-hydrogen) atoms. The fraction of sp³-hybridized carbons (Fsp3) is 0.273. The SMILES string of the molecule is CCCCCCCc1ccc(-c2ccc(C#Cc3cc(F)c(F)c(F)c3)cc2[N+](=O)[O-])cc1.CCCCCCCc1ccc2c(c1)Cc1cc(C#Cc3cc(F)c(F)c(F)c3)ccc1-2. The molecular formula is C55H49F6NO2. The molecule has 1 aliphatic carbocycles. The van der Waals surface area contributed by atoms with Gasteiger partial charge in [-0.05, 0) is 120 Å². The van der Waals surface area contributed by atoms with Crippen LogP contribution in [-0.2, 0) is 19.3 Å². The molecule has 0 saturated carbocycles. The lowest BCUT2D eigenvalue weighted by Gasteiger charge is -2.06. The first-order valence-corrected chi connectivity index (χ1v) is 21.9. The van der Waals surface area contributed by atoms with Crippen molar-refractivity contribution in [1.82, 2.24) is 0 Å². The zero-order chi connectivity index (χ0) is 45.6. The zero-order valence-corrected chi connectivity index (χ0v) is 36.0. The van der Waals surface area contributed by atoms with Crippen LogP contribution in [-0.4, -0.2) is 4.92 Å². The molecule has 0 heterocycles. The van der Waals surface area contributed by atoms with Gasteiger partial charge in [-0.2, -0.15) is 0 Å². The van der Waals surface area contributed by atoms with Gasteiger partial charge in [0.2, 0.25) is 0 Å². The summed E-state index contributed by atoms with van der Waals surface area (Å²) in [5.74, 6) is 2.66. The number of aryl methyl sites for hydroxylation is 2. The minimum absolute atomic E-state index is 0.0663. The highest BCUT2D eigenvalue weighted by Crippen LogP contribution is 2.38. The van der Waals surface area contributed by atoms with Crippen molar-refractivity contribution in [2.75, 3.05) is 0 Å². The number of hydrogen-bond donors (Lipinski definition) is 0. The van der Waals surface area contributed by atoms with Gasteiger partial charge >= 0.3 is 0 Å². The Bertz CT molecular complexity index is 2690. The summed E-state index contributed by atoms with van der Waals surface area (Å²) in [5, 5.41) is 11.7. The number of nitro benzene ring substituents is 1. The van der Waals surface area contributed by atoms with Crippen molar-refractivity contribution in [2.24, 2.45) is 0 Å². The van der Waals surface area contributed by atoms with E-state index >= 15 is 0 Å². The van der Waals surface area contributed by atoms with Gasteiger partial charge in [-0.1, -0.05) is 137 Å². The minimum atomic E-state index is -1.57. The van der Waals surface area contributed by atoms with Crippen molar-refractivity contribution in [1.29, 1.82) is 0 Å². The summed E-state index contributed by atoms with van der Waals surface area (Å²) in [4.78, 5) is 11.2. The largest absolute Gasteiger partial charge is 0.278 e. The number of rotatable bonds is 14. The molecule has 6 aromatic carbocycles. The molecule has 0 unspecified atom stereocenters. The first-order chi connectivity index (χ1) is 30.9. The molecule has 0 amide bonds. The quantitative estimate of drug-likeness (QED) is 0.0273. The Kier molecular flexibility index (Phi) is 16.6. The molecule has 0 bridgehead atoms. The number of fused-ring (bicyclic) bond motifs is 3. The molecule has 0 aliphatic heterocycles. The number of nitrogens with zero attached hydrogens (tertiary/aromatic N) is 1. The van der Waals surface area contributed by atoms with Gasteiger partial charge in [0.05, 0.1) is 10.5 Å². The van der Waals surface area contributed by atoms with Crippen LogP contribution >= 0.6 is 0 Å². The summed E-state index contributed by atoms with van der Waals surface area (Å²) in [6.45, 7) is 4.42. The summed E-state index contributed by atoms with van der Waals surface area (Å²) < 4.78 is 79.6. The second kappa shape index (κ2) is 22.7. The summed E-state index contributed by atoms with van der Waals surface area (Å²) in [5.41, 5.74) is 9.80. The van der Waals surface area contributed by atoms with Gasteiger partial charge in [0.1, 0.15) is 0 Å².